The van der Waals surface area contributed by atoms with E-state index in [-0.39, 0.29) is 12.5 Å². The van der Waals surface area contributed by atoms with E-state index in [0.717, 1.165) is 24.0 Å². The monoisotopic (exact) mass is 233 g/mol. The quantitative estimate of drug-likeness (QED) is 0.822. The fourth-order valence-electron chi connectivity index (χ4n) is 2.04. The van der Waals surface area contributed by atoms with E-state index in [4.69, 9.17) is 5.11 Å². The third-order valence-electron chi connectivity index (χ3n) is 3.16. The lowest BCUT2D eigenvalue weighted by Gasteiger charge is -2.15. The highest BCUT2D eigenvalue weighted by Gasteiger charge is 2.51. The second-order valence-corrected chi connectivity index (χ2v) is 4.53. The molecule has 1 aromatic carbocycles. The molecule has 0 aromatic heterocycles. The molecule has 2 rings (SSSR count). The number of carbonyl (C=O) groups is 2. The maximum Gasteiger partial charge on any atom is 0.322 e. The van der Waals surface area contributed by atoms with Gasteiger partial charge in [-0.05, 0) is 25.3 Å². The molecule has 4 nitrogen and oxygen atoms in total. The van der Waals surface area contributed by atoms with Crippen molar-refractivity contribution in [1.82, 2.24) is 5.32 Å². The summed E-state index contributed by atoms with van der Waals surface area (Å²) in [5.74, 6) is -1.19. The van der Waals surface area contributed by atoms with Crippen LogP contribution in [0.25, 0.3) is 0 Å². The molecule has 0 radical (unpaired) electrons. The maximum atomic E-state index is 12.0. The van der Waals surface area contributed by atoms with E-state index < -0.39 is 11.4 Å². The molecule has 0 unspecified atom stereocenters. The average Bonchev–Trinajstić information content (AvgIpc) is 3.07. The maximum absolute atomic E-state index is 12.0. The van der Waals surface area contributed by atoms with Crippen LogP contribution in [-0.2, 0) is 15.0 Å². The summed E-state index contributed by atoms with van der Waals surface area (Å²) in [4.78, 5) is 22.4. The molecule has 0 aliphatic heterocycles. The molecule has 1 saturated carbocycles. The number of carboxylic acids is 1. The lowest BCUT2D eigenvalue weighted by atomic mass is 9.93. The Balaban J connectivity index is 2.14. The summed E-state index contributed by atoms with van der Waals surface area (Å²) in [7, 11) is 0. The summed E-state index contributed by atoms with van der Waals surface area (Å²) >= 11 is 0. The van der Waals surface area contributed by atoms with E-state index in [0.29, 0.717) is 0 Å². The standard InChI is InChI=1S/C13H15NO3/c1-9-3-2-4-10(7-9)13(5-6-13)12(17)14-8-11(15)16/h2-4,7H,5-6,8H2,1H3,(H,14,17)(H,15,16). The van der Waals surface area contributed by atoms with E-state index in [9.17, 15) is 9.59 Å². The molecule has 1 fully saturated rings. The van der Waals surface area contributed by atoms with Gasteiger partial charge in [-0.3, -0.25) is 9.59 Å². The number of aryl methyl sites for hydroxylation is 1. The summed E-state index contributed by atoms with van der Waals surface area (Å²) in [5.41, 5.74) is 1.61. The van der Waals surface area contributed by atoms with Gasteiger partial charge in [0.15, 0.2) is 0 Å². The number of hydrogen-bond acceptors (Lipinski definition) is 2. The lowest BCUT2D eigenvalue weighted by molar-refractivity contribution is -0.138. The Kier molecular flexibility index (Phi) is 2.88. The van der Waals surface area contributed by atoms with Gasteiger partial charge in [0, 0.05) is 0 Å². The van der Waals surface area contributed by atoms with Crippen LogP contribution < -0.4 is 5.32 Å². The number of amides is 1. The van der Waals surface area contributed by atoms with E-state index in [1.54, 1.807) is 0 Å². The normalized spacial score (nSPS) is 16.3. The molecule has 0 atom stereocenters. The zero-order chi connectivity index (χ0) is 12.5. The molecule has 17 heavy (non-hydrogen) atoms. The number of nitrogens with one attached hydrogen (secondary N) is 1. The first kappa shape index (κ1) is 11.6. The second kappa shape index (κ2) is 4.20. The summed E-state index contributed by atoms with van der Waals surface area (Å²) in [6.07, 6.45) is 1.59. The van der Waals surface area contributed by atoms with Gasteiger partial charge in [0.25, 0.3) is 0 Å². The molecule has 1 amide bonds. The zero-order valence-electron chi connectivity index (χ0n) is 9.69. The molecular formula is C13H15NO3. The first-order chi connectivity index (χ1) is 8.04. The highest BCUT2D eigenvalue weighted by molar-refractivity contribution is 5.93. The molecule has 0 heterocycles. The van der Waals surface area contributed by atoms with Crippen LogP contribution in [0.2, 0.25) is 0 Å². The molecule has 0 bridgehead atoms. The van der Waals surface area contributed by atoms with Gasteiger partial charge in [0.05, 0.1) is 5.41 Å². The molecule has 1 aliphatic rings. The number of rotatable bonds is 4. The first-order valence-corrected chi connectivity index (χ1v) is 5.62. The van der Waals surface area contributed by atoms with Crippen molar-refractivity contribution in [2.75, 3.05) is 6.54 Å². The summed E-state index contributed by atoms with van der Waals surface area (Å²) in [6, 6.07) is 7.83. The van der Waals surface area contributed by atoms with Crippen molar-refractivity contribution in [3.05, 3.63) is 35.4 Å². The van der Waals surface area contributed by atoms with Crippen LogP contribution >= 0.6 is 0 Å². The van der Waals surface area contributed by atoms with Crippen molar-refractivity contribution in [1.29, 1.82) is 0 Å². The Bertz CT molecular complexity index is 463. The predicted octanol–water partition coefficient (Wildman–Crippen LogP) is 1.23. The minimum Gasteiger partial charge on any atom is -0.480 e. The van der Waals surface area contributed by atoms with Crippen molar-refractivity contribution in [2.45, 2.75) is 25.2 Å². The number of carbonyl (C=O) groups excluding carboxylic acids is 1. The fraction of sp³-hybridized carbons (Fsp3) is 0.385. The van der Waals surface area contributed by atoms with Crippen LogP contribution in [0.4, 0.5) is 0 Å². The number of carboxylic acid groups (broad SMARTS) is 1. The summed E-state index contributed by atoms with van der Waals surface area (Å²) in [6.45, 7) is 1.67. The molecule has 1 aliphatic carbocycles. The van der Waals surface area contributed by atoms with Gasteiger partial charge in [0.2, 0.25) is 5.91 Å². The highest BCUT2D eigenvalue weighted by Crippen LogP contribution is 2.48. The van der Waals surface area contributed by atoms with Crippen LogP contribution in [0.1, 0.15) is 24.0 Å². The van der Waals surface area contributed by atoms with Gasteiger partial charge in [-0.25, -0.2) is 0 Å². The predicted molar refractivity (Wildman–Crippen MR) is 62.7 cm³/mol. The Morgan fingerprint density at radius 2 is 2.12 bits per heavy atom. The Labute approximate surface area is 99.6 Å². The summed E-state index contributed by atoms with van der Waals surface area (Å²) < 4.78 is 0. The topological polar surface area (TPSA) is 66.4 Å². The van der Waals surface area contributed by atoms with E-state index in [1.807, 2.05) is 31.2 Å². The van der Waals surface area contributed by atoms with Gasteiger partial charge in [-0.2, -0.15) is 0 Å². The van der Waals surface area contributed by atoms with Crippen molar-refractivity contribution < 1.29 is 14.7 Å². The first-order valence-electron chi connectivity index (χ1n) is 5.62. The molecule has 1 aromatic rings. The van der Waals surface area contributed by atoms with Gasteiger partial charge in [-0.1, -0.05) is 29.8 Å². The smallest absolute Gasteiger partial charge is 0.322 e. The minimum atomic E-state index is -1.02. The van der Waals surface area contributed by atoms with Gasteiger partial charge in [-0.15, -0.1) is 0 Å². The summed E-state index contributed by atoms with van der Waals surface area (Å²) in [5, 5.41) is 11.0. The molecule has 0 spiro atoms. The van der Waals surface area contributed by atoms with Crippen LogP contribution in [0, 0.1) is 6.92 Å². The zero-order valence-corrected chi connectivity index (χ0v) is 9.69. The minimum absolute atomic E-state index is 0.175. The molecule has 0 saturated heterocycles. The van der Waals surface area contributed by atoms with Crippen LogP contribution in [-0.4, -0.2) is 23.5 Å². The van der Waals surface area contributed by atoms with Gasteiger partial charge < -0.3 is 10.4 Å². The molecule has 90 valence electrons. The number of hydrogen-bond donors (Lipinski definition) is 2. The third-order valence-corrected chi connectivity index (χ3v) is 3.16. The number of aliphatic carboxylic acids is 1. The van der Waals surface area contributed by atoms with Crippen molar-refractivity contribution in [2.24, 2.45) is 0 Å². The van der Waals surface area contributed by atoms with E-state index in [1.165, 1.54) is 0 Å². The SMILES string of the molecule is Cc1cccc(C2(C(=O)NCC(=O)O)CC2)c1. The Hall–Kier alpha value is -1.84. The van der Waals surface area contributed by atoms with Crippen LogP contribution in [0.3, 0.4) is 0 Å². The number of benzene rings is 1. The van der Waals surface area contributed by atoms with Crippen molar-refractivity contribution in [3.63, 3.8) is 0 Å². The van der Waals surface area contributed by atoms with Gasteiger partial charge in [0.1, 0.15) is 6.54 Å². The van der Waals surface area contributed by atoms with Crippen molar-refractivity contribution in [3.8, 4) is 0 Å². The Morgan fingerprint density at radius 1 is 1.41 bits per heavy atom. The Morgan fingerprint density at radius 3 is 2.65 bits per heavy atom. The van der Waals surface area contributed by atoms with E-state index >= 15 is 0 Å². The third kappa shape index (κ3) is 2.30. The molecule has 4 heteroatoms. The van der Waals surface area contributed by atoms with Crippen LogP contribution in [0.15, 0.2) is 24.3 Å². The van der Waals surface area contributed by atoms with E-state index in [2.05, 4.69) is 5.32 Å². The molecule has 2 N–H and O–H groups in total. The van der Waals surface area contributed by atoms with Crippen molar-refractivity contribution >= 4 is 11.9 Å². The van der Waals surface area contributed by atoms with Crippen LogP contribution in [0.5, 0.6) is 0 Å². The lowest BCUT2D eigenvalue weighted by Crippen LogP contribution is -2.37. The highest BCUT2D eigenvalue weighted by atomic mass is 16.4. The average molecular weight is 233 g/mol. The largest absolute Gasteiger partial charge is 0.480 e. The van der Waals surface area contributed by atoms with Gasteiger partial charge >= 0.3 is 5.97 Å². The second-order valence-electron chi connectivity index (χ2n) is 4.53. The molecular weight excluding hydrogens is 218 g/mol. The fourth-order valence-corrected chi connectivity index (χ4v) is 2.04.